The van der Waals surface area contributed by atoms with Gasteiger partial charge in [-0.15, -0.1) is 0 Å². The average Bonchev–Trinajstić information content (AvgIpc) is 3.00. The molecule has 0 unspecified atom stereocenters. The van der Waals surface area contributed by atoms with Crippen LogP contribution in [0.25, 0.3) is 0 Å². The van der Waals surface area contributed by atoms with Crippen LogP contribution in [0.3, 0.4) is 0 Å². The van der Waals surface area contributed by atoms with Crippen molar-refractivity contribution in [3.8, 4) is 0 Å². The Labute approximate surface area is 89.6 Å². The summed E-state index contributed by atoms with van der Waals surface area (Å²) in [5.41, 5.74) is 8.06. The van der Waals surface area contributed by atoms with Gasteiger partial charge in [0.05, 0.1) is 6.54 Å². The summed E-state index contributed by atoms with van der Waals surface area (Å²) < 4.78 is 0. The van der Waals surface area contributed by atoms with Crippen LogP contribution in [0.1, 0.15) is 24.0 Å². The van der Waals surface area contributed by atoms with Crippen LogP contribution in [0.2, 0.25) is 0 Å². The fourth-order valence-electron chi connectivity index (χ4n) is 1.33. The predicted octanol–water partition coefficient (Wildman–Crippen LogP) is 0.957. The van der Waals surface area contributed by atoms with Crippen molar-refractivity contribution < 1.29 is 0 Å². The maximum Gasteiger partial charge on any atom is 0.189 e. The molecule has 0 bridgehead atoms. The molecular formula is C11H16N4. The second-order valence-electron chi connectivity index (χ2n) is 3.92. The first-order chi connectivity index (χ1) is 7.25. The molecule has 4 heteroatoms. The van der Waals surface area contributed by atoms with Gasteiger partial charge in [0.2, 0.25) is 0 Å². The van der Waals surface area contributed by atoms with E-state index < -0.39 is 0 Å². The first kappa shape index (κ1) is 9.96. The Morgan fingerprint density at radius 2 is 2.47 bits per heavy atom. The van der Waals surface area contributed by atoms with Gasteiger partial charge in [-0.25, -0.2) is 4.99 Å². The molecule has 1 aliphatic rings. The first-order valence-corrected chi connectivity index (χ1v) is 5.21. The molecule has 0 amide bonds. The van der Waals surface area contributed by atoms with Crippen molar-refractivity contribution in [2.24, 2.45) is 10.7 Å². The zero-order valence-electron chi connectivity index (χ0n) is 8.90. The van der Waals surface area contributed by atoms with Gasteiger partial charge in [0.1, 0.15) is 0 Å². The van der Waals surface area contributed by atoms with Crippen molar-refractivity contribution in [3.05, 3.63) is 29.6 Å². The monoisotopic (exact) mass is 204 g/mol. The molecule has 0 spiro atoms. The van der Waals surface area contributed by atoms with Crippen LogP contribution in [-0.4, -0.2) is 17.0 Å². The van der Waals surface area contributed by atoms with Gasteiger partial charge in [-0.2, -0.15) is 0 Å². The lowest BCUT2D eigenvalue weighted by Gasteiger charge is -2.04. The highest BCUT2D eigenvalue weighted by Crippen LogP contribution is 2.18. The number of aliphatic imine (C=N–C) groups is 1. The van der Waals surface area contributed by atoms with Gasteiger partial charge in [0.15, 0.2) is 5.96 Å². The number of aryl methyl sites for hydroxylation is 1. The van der Waals surface area contributed by atoms with Gasteiger partial charge in [-0.1, -0.05) is 0 Å². The lowest BCUT2D eigenvalue weighted by Crippen LogP contribution is -2.33. The molecule has 2 rings (SSSR count). The summed E-state index contributed by atoms with van der Waals surface area (Å²) in [4.78, 5) is 8.33. The van der Waals surface area contributed by atoms with Crippen LogP contribution in [-0.2, 0) is 6.54 Å². The molecular weight excluding hydrogens is 188 g/mol. The van der Waals surface area contributed by atoms with Crippen molar-refractivity contribution in [1.82, 2.24) is 10.3 Å². The molecule has 4 nitrogen and oxygen atoms in total. The van der Waals surface area contributed by atoms with Crippen LogP contribution in [0.15, 0.2) is 23.5 Å². The minimum Gasteiger partial charge on any atom is -0.370 e. The molecule has 0 aromatic carbocycles. The van der Waals surface area contributed by atoms with Crippen molar-refractivity contribution >= 4 is 5.96 Å². The van der Waals surface area contributed by atoms with Crippen LogP contribution < -0.4 is 11.1 Å². The molecule has 0 aliphatic heterocycles. The summed E-state index contributed by atoms with van der Waals surface area (Å²) in [6.07, 6.45) is 6.05. The van der Waals surface area contributed by atoms with Crippen molar-refractivity contribution in [3.63, 3.8) is 0 Å². The van der Waals surface area contributed by atoms with Crippen LogP contribution >= 0.6 is 0 Å². The molecule has 3 N–H and O–H groups in total. The van der Waals surface area contributed by atoms with E-state index in [1.165, 1.54) is 18.4 Å². The van der Waals surface area contributed by atoms with Crippen LogP contribution in [0, 0.1) is 6.92 Å². The van der Waals surface area contributed by atoms with Gasteiger partial charge >= 0.3 is 0 Å². The van der Waals surface area contributed by atoms with E-state index in [0.717, 1.165) is 5.56 Å². The Bertz CT molecular complexity index is 369. The highest BCUT2D eigenvalue weighted by molar-refractivity contribution is 5.78. The van der Waals surface area contributed by atoms with Crippen LogP contribution in [0.5, 0.6) is 0 Å². The van der Waals surface area contributed by atoms with Gasteiger partial charge in [-0.05, 0) is 37.0 Å². The molecule has 1 saturated carbocycles. The lowest BCUT2D eigenvalue weighted by molar-refractivity contribution is 0.877. The molecule has 0 atom stereocenters. The molecule has 0 saturated heterocycles. The Morgan fingerprint density at radius 1 is 1.67 bits per heavy atom. The van der Waals surface area contributed by atoms with Crippen molar-refractivity contribution in [2.75, 3.05) is 0 Å². The molecule has 15 heavy (non-hydrogen) atoms. The summed E-state index contributed by atoms with van der Waals surface area (Å²) in [6.45, 7) is 2.66. The molecule has 1 fully saturated rings. The predicted molar refractivity (Wildman–Crippen MR) is 60.5 cm³/mol. The zero-order chi connectivity index (χ0) is 10.7. The van der Waals surface area contributed by atoms with E-state index in [1.54, 1.807) is 6.20 Å². The number of rotatable bonds is 3. The number of aromatic nitrogens is 1. The number of hydrogen-bond donors (Lipinski definition) is 2. The Balaban J connectivity index is 1.93. The van der Waals surface area contributed by atoms with E-state index in [2.05, 4.69) is 15.3 Å². The summed E-state index contributed by atoms with van der Waals surface area (Å²) in [6, 6.07) is 2.54. The number of guanidine groups is 1. The van der Waals surface area contributed by atoms with Crippen molar-refractivity contribution in [1.29, 1.82) is 0 Å². The molecule has 80 valence electrons. The normalized spacial score (nSPS) is 16.5. The smallest absolute Gasteiger partial charge is 0.189 e. The third-order valence-corrected chi connectivity index (χ3v) is 2.49. The standard InChI is InChI=1S/C11H16N4/c1-8-6-13-5-4-9(8)7-14-11(12)15-10-2-3-10/h4-6,10H,2-3,7H2,1H3,(H3,12,14,15). The maximum atomic E-state index is 5.74. The summed E-state index contributed by atoms with van der Waals surface area (Å²) in [5, 5.41) is 3.16. The minimum atomic E-state index is 0.550. The fraction of sp³-hybridized carbons (Fsp3) is 0.455. The van der Waals surface area contributed by atoms with E-state index in [9.17, 15) is 0 Å². The van der Waals surface area contributed by atoms with E-state index in [1.807, 2.05) is 19.2 Å². The SMILES string of the molecule is Cc1cnccc1CN=C(N)NC1CC1. The topological polar surface area (TPSA) is 63.3 Å². The molecule has 1 heterocycles. The maximum absolute atomic E-state index is 5.74. The fourth-order valence-corrected chi connectivity index (χ4v) is 1.33. The first-order valence-electron chi connectivity index (χ1n) is 5.21. The number of hydrogen-bond acceptors (Lipinski definition) is 2. The van der Waals surface area contributed by atoms with E-state index in [0.29, 0.717) is 18.5 Å². The highest BCUT2D eigenvalue weighted by atomic mass is 15.1. The van der Waals surface area contributed by atoms with E-state index in [4.69, 9.17) is 5.73 Å². The number of nitrogens with two attached hydrogens (primary N) is 1. The van der Waals surface area contributed by atoms with E-state index >= 15 is 0 Å². The highest BCUT2D eigenvalue weighted by Gasteiger charge is 2.21. The zero-order valence-corrected chi connectivity index (χ0v) is 8.90. The molecule has 1 aliphatic carbocycles. The largest absolute Gasteiger partial charge is 0.370 e. The second kappa shape index (κ2) is 4.29. The third-order valence-electron chi connectivity index (χ3n) is 2.49. The second-order valence-corrected chi connectivity index (χ2v) is 3.92. The number of nitrogens with zero attached hydrogens (tertiary/aromatic N) is 2. The Kier molecular flexibility index (Phi) is 2.85. The number of nitrogens with one attached hydrogen (secondary N) is 1. The summed E-state index contributed by atoms with van der Waals surface area (Å²) in [5.74, 6) is 0.550. The quantitative estimate of drug-likeness (QED) is 0.569. The minimum absolute atomic E-state index is 0.550. The van der Waals surface area contributed by atoms with E-state index in [-0.39, 0.29) is 0 Å². The molecule has 1 aromatic rings. The molecule has 1 aromatic heterocycles. The summed E-state index contributed by atoms with van der Waals surface area (Å²) >= 11 is 0. The lowest BCUT2D eigenvalue weighted by atomic mass is 10.2. The summed E-state index contributed by atoms with van der Waals surface area (Å²) in [7, 11) is 0. The Hall–Kier alpha value is -1.58. The average molecular weight is 204 g/mol. The molecule has 0 radical (unpaired) electrons. The Morgan fingerprint density at radius 3 is 3.13 bits per heavy atom. The van der Waals surface area contributed by atoms with Gasteiger partial charge in [0.25, 0.3) is 0 Å². The van der Waals surface area contributed by atoms with Gasteiger partial charge in [-0.3, -0.25) is 4.98 Å². The third kappa shape index (κ3) is 2.94. The van der Waals surface area contributed by atoms with Crippen LogP contribution in [0.4, 0.5) is 0 Å². The number of pyridine rings is 1. The van der Waals surface area contributed by atoms with Gasteiger partial charge in [0, 0.05) is 18.4 Å². The van der Waals surface area contributed by atoms with Crippen molar-refractivity contribution in [2.45, 2.75) is 32.4 Å². The van der Waals surface area contributed by atoms with Gasteiger partial charge < -0.3 is 11.1 Å².